The van der Waals surface area contributed by atoms with Crippen molar-refractivity contribution in [3.63, 3.8) is 0 Å². The van der Waals surface area contributed by atoms with E-state index < -0.39 is 0 Å². The van der Waals surface area contributed by atoms with Gasteiger partial charge in [0.1, 0.15) is 12.0 Å². The maximum absolute atomic E-state index is 12.1. The van der Waals surface area contributed by atoms with Crippen LogP contribution in [0, 0.1) is 11.8 Å². The number of aromatic nitrogens is 2. The van der Waals surface area contributed by atoms with Crippen LogP contribution >= 0.6 is 0 Å². The van der Waals surface area contributed by atoms with Crippen LogP contribution in [0.2, 0.25) is 0 Å². The van der Waals surface area contributed by atoms with Gasteiger partial charge < -0.3 is 20.3 Å². The molecule has 0 aromatic carbocycles. The number of ether oxygens (including phenoxy) is 1. The summed E-state index contributed by atoms with van der Waals surface area (Å²) in [6.07, 6.45) is 5.70. The summed E-state index contributed by atoms with van der Waals surface area (Å²) in [5.41, 5.74) is 7.06. The van der Waals surface area contributed by atoms with Gasteiger partial charge in [0.05, 0.1) is 12.5 Å². The lowest BCUT2D eigenvalue weighted by Crippen LogP contribution is -2.40. The highest BCUT2D eigenvalue weighted by Crippen LogP contribution is 2.33. The van der Waals surface area contributed by atoms with E-state index in [9.17, 15) is 4.79 Å². The van der Waals surface area contributed by atoms with Gasteiger partial charge in [-0.3, -0.25) is 4.79 Å². The second kappa shape index (κ2) is 7.89. The fraction of sp³-hybridized carbons (Fsp3) is 0.722. The molecule has 0 aliphatic carbocycles. The Labute approximate surface area is 149 Å². The van der Waals surface area contributed by atoms with Gasteiger partial charge in [-0.2, -0.15) is 0 Å². The van der Waals surface area contributed by atoms with Crippen molar-refractivity contribution in [3.8, 4) is 0 Å². The zero-order valence-electron chi connectivity index (χ0n) is 15.3. The Morgan fingerprint density at radius 1 is 1.20 bits per heavy atom. The van der Waals surface area contributed by atoms with E-state index in [1.165, 1.54) is 0 Å². The van der Waals surface area contributed by atoms with Crippen LogP contribution in [0.25, 0.3) is 0 Å². The Balaban J connectivity index is 1.76. The largest absolute Gasteiger partial charge is 0.466 e. The summed E-state index contributed by atoms with van der Waals surface area (Å²) in [6.45, 7) is 7.97. The molecule has 3 rings (SSSR count). The normalized spacial score (nSPS) is 22.1. The molecule has 7 heteroatoms. The van der Waals surface area contributed by atoms with Gasteiger partial charge in [-0.1, -0.05) is 6.92 Å². The summed E-state index contributed by atoms with van der Waals surface area (Å²) in [5, 5.41) is 0. The lowest BCUT2D eigenvalue weighted by atomic mass is 9.98. The van der Waals surface area contributed by atoms with Gasteiger partial charge in [-0.15, -0.1) is 0 Å². The van der Waals surface area contributed by atoms with Gasteiger partial charge in [0.2, 0.25) is 0 Å². The zero-order chi connectivity index (χ0) is 17.8. The Hall–Kier alpha value is -2.05. The SMILES string of the molecule is CCOC(=O)C1CCCN(c2ncnc(N3CCC(C)CC3)c2N)C1. The number of nitrogens with zero attached hydrogens (tertiary/aromatic N) is 4. The van der Waals surface area contributed by atoms with Crippen LogP contribution in [-0.2, 0) is 9.53 Å². The lowest BCUT2D eigenvalue weighted by molar-refractivity contribution is -0.148. The molecule has 2 aliphatic heterocycles. The monoisotopic (exact) mass is 347 g/mol. The molecule has 1 unspecified atom stereocenters. The highest BCUT2D eigenvalue weighted by molar-refractivity contribution is 5.78. The lowest BCUT2D eigenvalue weighted by Gasteiger charge is -2.35. The average molecular weight is 347 g/mol. The van der Waals surface area contributed by atoms with E-state index in [0.29, 0.717) is 18.8 Å². The first-order chi connectivity index (χ1) is 12.1. The van der Waals surface area contributed by atoms with Crippen LogP contribution in [0.4, 0.5) is 17.3 Å². The van der Waals surface area contributed by atoms with Crippen molar-refractivity contribution in [1.29, 1.82) is 0 Å². The molecule has 0 amide bonds. The second-order valence-electron chi connectivity index (χ2n) is 7.14. The van der Waals surface area contributed by atoms with E-state index in [-0.39, 0.29) is 11.9 Å². The van der Waals surface area contributed by atoms with E-state index in [1.807, 2.05) is 6.92 Å². The second-order valence-corrected chi connectivity index (χ2v) is 7.14. The average Bonchev–Trinajstić information content (AvgIpc) is 2.63. The molecular weight excluding hydrogens is 318 g/mol. The van der Waals surface area contributed by atoms with Gasteiger partial charge in [0, 0.05) is 26.2 Å². The van der Waals surface area contributed by atoms with Crippen molar-refractivity contribution in [1.82, 2.24) is 9.97 Å². The maximum atomic E-state index is 12.1. The summed E-state index contributed by atoms with van der Waals surface area (Å²) in [4.78, 5) is 25.3. The number of nitrogens with two attached hydrogens (primary N) is 1. The molecule has 3 heterocycles. The quantitative estimate of drug-likeness (QED) is 0.835. The van der Waals surface area contributed by atoms with Crippen LogP contribution < -0.4 is 15.5 Å². The van der Waals surface area contributed by atoms with Gasteiger partial charge >= 0.3 is 5.97 Å². The smallest absolute Gasteiger partial charge is 0.310 e. The Bertz CT molecular complexity index is 601. The van der Waals surface area contributed by atoms with Gasteiger partial charge in [-0.25, -0.2) is 9.97 Å². The first-order valence-electron chi connectivity index (χ1n) is 9.37. The highest BCUT2D eigenvalue weighted by Gasteiger charge is 2.30. The van der Waals surface area contributed by atoms with Crippen molar-refractivity contribution in [3.05, 3.63) is 6.33 Å². The maximum Gasteiger partial charge on any atom is 0.310 e. The van der Waals surface area contributed by atoms with E-state index in [0.717, 1.165) is 62.9 Å². The fourth-order valence-corrected chi connectivity index (χ4v) is 3.72. The van der Waals surface area contributed by atoms with Crippen LogP contribution in [-0.4, -0.2) is 48.7 Å². The number of rotatable bonds is 4. The molecule has 25 heavy (non-hydrogen) atoms. The molecule has 2 N–H and O–H groups in total. The minimum atomic E-state index is -0.120. The summed E-state index contributed by atoms with van der Waals surface area (Å²) in [6, 6.07) is 0. The van der Waals surface area contributed by atoms with E-state index in [4.69, 9.17) is 10.5 Å². The first kappa shape index (κ1) is 17.8. The van der Waals surface area contributed by atoms with E-state index in [1.54, 1.807) is 6.33 Å². The summed E-state index contributed by atoms with van der Waals surface area (Å²) >= 11 is 0. The van der Waals surface area contributed by atoms with Crippen LogP contribution in [0.15, 0.2) is 6.33 Å². The standard InChI is InChI=1S/C18H29N5O2/c1-3-25-18(24)14-5-4-8-23(11-14)17-15(19)16(20-12-21-17)22-9-6-13(2)7-10-22/h12-14H,3-11,19H2,1-2H3. The molecule has 0 bridgehead atoms. The fourth-order valence-electron chi connectivity index (χ4n) is 3.72. The van der Waals surface area contributed by atoms with E-state index >= 15 is 0 Å². The molecule has 2 fully saturated rings. The van der Waals surface area contributed by atoms with Crippen molar-refractivity contribution in [2.24, 2.45) is 11.8 Å². The number of hydrogen-bond donors (Lipinski definition) is 1. The molecule has 0 saturated carbocycles. The van der Waals surface area contributed by atoms with Crippen LogP contribution in [0.1, 0.15) is 39.5 Å². The molecule has 1 atom stereocenters. The van der Waals surface area contributed by atoms with Gasteiger partial charge in [0.25, 0.3) is 0 Å². The Kier molecular flexibility index (Phi) is 5.60. The molecule has 138 valence electrons. The first-order valence-corrected chi connectivity index (χ1v) is 9.37. The number of carbonyl (C=O) groups excluding carboxylic acids is 1. The molecule has 1 aromatic heterocycles. The van der Waals surface area contributed by atoms with Crippen LogP contribution in [0.3, 0.4) is 0 Å². The van der Waals surface area contributed by atoms with E-state index in [2.05, 4.69) is 26.7 Å². The topological polar surface area (TPSA) is 84.6 Å². The summed E-state index contributed by atoms with van der Waals surface area (Å²) in [5.74, 6) is 2.10. The highest BCUT2D eigenvalue weighted by atomic mass is 16.5. The van der Waals surface area contributed by atoms with Crippen LogP contribution in [0.5, 0.6) is 0 Å². The third kappa shape index (κ3) is 3.96. The minimum absolute atomic E-state index is 0.109. The molecule has 0 radical (unpaired) electrons. The molecule has 2 saturated heterocycles. The molecule has 2 aliphatic rings. The van der Waals surface area contributed by atoms with Crippen molar-refractivity contribution >= 4 is 23.3 Å². The summed E-state index contributed by atoms with van der Waals surface area (Å²) in [7, 11) is 0. The molecule has 1 aromatic rings. The number of anilines is 3. The van der Waals surface area contributed by atoms with Crippen molar-refractivity contribution in [2.45, 2.75) is 39.5 Å². The summed E-state index contributed by atoms with van der Waals surface area (Å²) < 4.78 is 5.19. The van der Waals surface area contributed by atoms with Crippen molar-refractivity contribution in [2.75, 3.05) is 48.3 Å². The zero-order valence-corrected chi connectivity index (χ0v) is 15.3. The van der Waals surface area contributed by atoms with Crippen molar-refractivity contribution < 1.29 is 9.53 Å². The predicted molar refractivity (Wildman–Crippen MR) is 98.6 cm³/mol. The molecule has 0 spiro atoms. The Morgan fingerprint density at radius 3 is 2.56 bits per heavy atom. The number of hydrogen-bond acceptors (Lipinski definition) is 7. The number of piperidine rings is 2. The number of esters is 1. The minimum Gasteiger partial charge on any atom is -0.466 e. The predicted octanol–water partition coefficient (Wildman–Crippen LogP) is 2.07. The number of carbonyl (C=O) groups is 1. The number of nitrogen functional groups attached to an aromatic ring is 1. The third-order valence-corrected chi connectivity index (χ3v) is 5.27. The molecule has 7 nitrogen and oxygen atoms in total. The van der Waals surface area contributed by atoms with Gasteiger partial charge in [-0.05, 0) is 38.5 Å². The third-order valence-electron chi connectivity index (χ3n) is 5.27. The Morgan fingerprint density at radius 2 is 1.88 bits per heavy atom. The van der Waals surface area contributed by atoms with Gasteiger partial charge in [0.15, 0.2) is 11.6 Å². The molecular formula is C18H29N5O2.